The van der Waals surface area contributed by atoms with Gasteiger partial charge in [-0.25, -0.2) is 4.79 Å². The van der Waals surface area contributed by atoms with Crippen molar-refractivity contribution in [1.82, 2.24) is 21.3 Å². The highest BCUT2D eigenvalue weighted by Crippen LogP contribution is 2.30. The van der Waals surface area contributed by atoms with Crippen molar-refractivity contribution in [1.29, 1.82) is 0 Å². The quantitative estimate of drug-likeness (QED) is 0.332. The van der Waals surface area contributed by atoms with Crippen LogP contribution in [0.4, 0.5) is 0 Å². The van der Waals surface area contributed by atoms with Crippen LogP contribution in [0.5, 0.6) is 5.75 Å². The largest absolute Gasteiger partial charge is 0.547 e. The molecule has 1 aromatic rings. The summed E-state index contributed by atoms with van der Waals surface area (Å²) in [5.41, 5.74) is 6.45. The molecule has 0 aliphatic carbocycles. The molecule has 10 nitrogen and oxygen atoms in total. The normalized spacial score (nSPS) is 18.8. The Kier molecular flexibility index (Phi) is 4.79. The lowest BCUT2D eigenvalue weighted by Gasteiger charge is -2.29. The molecule has 0 bridgehead atoms. The van der Waals surface area contributed by atoms with Crippen LogP contribution in [-0.4, -0.2) is 58.3 Å². The summed E-state index contributed by atoms with van der Waals surface area (Å²) in [5.74, 6) is -2.12. The molecule has 3 rings (SSSR count). The Bertz CT molecular complexity index is 727. The van der Waals surface area contributed by atoms with Gasteiger partial charge in [-0.15, -0.1) is 5.53 Å². The fourth-order valence-corrected chi connectivity index (χ4v) is 2.69. The lowest BCUT2D eigenvalue weighted by Crippen LogP contribution is -2.55. The van der Waals surface area contributed by atoms with Crippen LogP contribution in [-0.2, 0) is 11.2 Å². The predicted molar refractivity (Wildman–Crippen MR) is 85.8 cm³/mol. The fourth-order valence-electron chi connectivity index (χ4n) is 2.69. The number of fused-ring (bicyclic) bond motifs is 1. The van der Waals surface area contributed by atoms with Gasteiger partial charge < -0.3 is 30.6 Å². The van der Waals surface area contributed by atoms with E-state index < -0.39 is 19.0 Å². The molecule has 1 aromatic carbocycles. The number of benzene rings is 1. The number of aliphatic hydroxyl groups excluding tert-OH is 1. The summed E-state index contributed by atoms with van der Waals surface area (Å²) in [7, 11) is -1.36. The number of carbonyl (C=O) groups is 2. The third-order valence-electron chi connectivity index (χ3n) is 3.85. The van der Waals surface area contributed by atoms with Crippen LogP contribution in [0.1, 0.15) is 15.9 Å². The van der Waals surface area contributed by atoms with Crippen LogP contribution in [0.15, 0.2) is 30.1 Å². The van der Waals surface area contributed by atoms with Gasteiger partial charge in [-0.3, -0.25) is 9.80 Å². The van der Waals surface area contributed by atoms with Crippen LogP contribution in [0, 0.1) is 0 Å². The fraction of sp³-hybridized carbons (Fsp3) is 0.286. The predicted octanol–water partition coefficient (Wildman–Crippen LogP) is -2.02. The lowest BCUT2D eigenvalue weighted by atomic mass is 9.72. The van der Waals surface area contributed by atoms with Crippen molar-refractivity contribution in [2.45, 2.75) is 12.4 Å². The van der Waals surface area contributed by atoms with Gasteiger partial charge in [-0.05, 0) is 18.1 Å². The third kappa shape index (κ3) is 3.68. The van der Waals surface area contributed by atoms with Crippen molar-refractivity contribution >= 4 is 19.0 Å². The second-order valence-electron chi connectivity index (χ2n) is 5.66. The second kappa shape index (κ2) is 7.01. The molecule has 1 atom stereocenters. The highest BCUT2D eigenvalue weighted by molar-refractivity contribution is 6.47. The number of carboxylic acids is 1. The minimum Gasteiger partial charge on any atom is -0.534 e. The number of nitrogens with one attached hydrogen (secondary N) is 3. The van der Waals surface area contributed by atoms with Gasteiger partial charge >= 0.3 is 13.1 Å². The standard InChI is InChI=1S/C14H17BN4O6/c20-7-9-5-19(18-17-9)6-12(21)16-11-4-8-2-1-3-10(14(22)23)13(8)25-15(11)24/h1-3,5,11,17-18,20,24H,4,6-7H2,(H,16,21)(H,22,23)/t11-/m0/s1. The summed E-state index contributed by atoms with van der Waals surface area (Å²) in [6, 6.07) is 4.67. The van der Waals surface area contributed by atoms with E-state index in [0.29, 0.717) is 11.3 Å². The van der Waals surface area contributed by atoms with Gasteiger partial charge in [0.2, 0.25) is 5.91 Å². The van der Waals surface area contributed by atoms with E-state index in [0.717, 1.165) is 0 Å². The molecule has 132 valence electrons. The highest BCUT2D eigenvalue weighted by Gasteiger charge is 2.37. The van der Waals surface area contributed by atoms with E-state index in [1.165, 1.54) is 11.1 Å². The maximum absolute atomic E-state index is 12.1. The summed E-state index contributed by atoms with van der Waals surface area (Å²) in [6.45, 7) is -0.245. The second-order valence-corrected chi connectivity index (χ2v) is 5.66. The molecule has 0 aromatic heterocycles. The molecular formula is C14H17BN4O6. The van der Waals surface area contributed by atoms with Crippen LogP contribution < -0.4 is 20.9 Å². The summed E-state index contributed by atoms with van der Waals surface area (Å²) in [4.78, 5) is 23.3. The average molecular weight is 348 g/mol. The maximum atomic E-state index is 12.1. The van der Waals surface area contributed by atoms with Crippen molar-refractivity contribution in [2.24, 2.45) is 0 Å². The highest BCUT2D eigenvalue weighted by atomic mass is 16.5. The van der Waals surface area contributed by atoms with Crippen molar-refractivity contribution in [3.8, 4) is 5.75 Å². The number of hydrazine groups is 2. The Morgan fingerprint density at radius 2 is 2.24 bits per heavy atom. The van der Waals surface area contributed by atoms with Gasteiger partial charge in [-0.2, -0.15) is 0 Å². The Morgan fingerprint density at radius 3 is 2.92 bits per heavy atom. The number of amides is 1. The third-order valence-corrected chi connectivity index (χ3v) is 3.85. The molecule has 25 heavy (non-hydrogen) atoms. The first kappa shape index (κ1) is 17.1. The average Bonchev–Trinajstić information content (AvgIpc) is 3.02. The van der Waals surface area contributed by atoms with Crippen LogP contribution in [0.25, 0.3) is 0 Å². The van der Waals surface area contributed by atoms with E-state index in [4.69, 9.17) is 14.9 Å². The van der Waals surface area contributed by atoms with Gasteiger partial charge in [0, 0.05) is 6.20 Å². The van der Waals surface area contributed by atoms with E-state index in [2.05, 4.69) is 16.3 Å². The van der Waals surface area contributed by atoms with Crippen molar-refractivity contribution in [3.63, 3.8) is 0 Å². The molecule has 2 heterocycles. The topological polar surface area (TPSA) is 143 Å². The molecule has 1 amide bonds. The van der Waals surface area contributed by atoms with Gasteiger partial charge in [0.15, 0.2) is 0 Å². The van der Waals surface area contributed by atoms with E-state index in [9.17, 15) is 14.6 Å². The first-order valence-corrected chi connectivity index (χ1v) is 7.57. The minimum atomic E-state index is -1.36. The Morgan fingerprint density at radius 1 is 1.44 bits per heavy atom. The van der Waals surface area contributed by atoms with Crippen LogP contribution >= 0.6 is 0 Å². The number of nitrogens with zero attached hydrogens (tertiary/aromatic N) is 1. The van der Waals surface area contributed by atoms with Crippen molar-refractivity contribution < 1.29 is 29.5 Å². The van der Waals surface area contributed by atoms with Gasteiger partial charge in [0.25, 0.3) is 0 Å². The van der Waals surface area contributed by atoms with E-state index >= 15 is 0 Å². The molecule has 2 aliphatic rings. The smallest absolute Gasteiger partial charge is 0.534 e. The zero-order valence-corrected chi connectivity index (χ0v) is 13.1. The Labute approximate surface area is 143 Å². The van der Waals surface area contributed by atoms with E-state index in [1.54, 1.807) is 18.3 Å². The number of aliphatic hydroxyl groups is 1. The lowest BCUT2D eigenvalue weighted by molar-refractivity contribution is -0.122. The number of carbonyl (C=O) groups excluding carboxylic acids is 1. The number of rotatable bonds is 5. The summed E-state index contributed by atoms with van der Waals surface area (Å²) in [5, 5.41) is 32.3. The minimum absolute atomic E-state index is 0.0321. The zero-order chi connectivity index (χ0) is 18.0. The Balaban J connectivity index is 1.64. The Hall–Kier alpha value is -2.76. The maximum Gasteiger partial charge on any atom is 0.547 e. The summed E-state index contributed by atoms with van der Waals surface area (Å²) in [6.07, 6.45) is 1.79. The number of hydrogen-bond donors (Lipinski definition) is 6. The van der Waals surface area contributed by atoms with Crippen molar-refractivity contribution in [3.05, 3.63) is 41.2 Å². The first-order valence-electron chi connectivity index (χ1n) is 7.57. The molecule has 0 saturated carbocycles. The first-order chi connectivity index (χ1) is 12.0. The van der Waals surface area contributed by atoms with Gasteiger partial charge in [0.1, 0.15) is 12.3 Å². The van der Waals surface area contributed by atoms with E-state index in [1.807, 2.05) is 0 Å². The molecule has 0 radical (unpaired) electrons. The van der Waals surface area contributed by atoms with E-state index in [-0.39, 0.29) is 36.8 Å². The molecule has 11 heteroatoms. The van der Waals surface area contributed by atoms with Crippen LogP contribution in [0.3, 0.4) is 0 Å². The monoisotopic (exact) mass is 348 g/mol. The van der Waals surface area contributed by atoms with Crippen molar-refractivity contribution in [2.75, 3.05) is 13.2 Å². The molecule has 0 spiro atoms. The SMILES string of the molecule is O=C(CN1C=C(CO)NN1)N[C@H]1Cc2cccc(C(=O)O)c2OB1O. The molecule has 2 aliphatic heterocycles. The van der Waals surface area contributed by atoms with Gasteiger partial charge in [0.05, 0.1) is 23.8 Å². The number of para-hydroxylation sites is 1. The molecular weight excluding hydrogens is 331 g/mol. The summed E-state index contributed by atoms with van der Waals surface area (Å²) < 4.78 is 5.32. The number of aromatic carboxylic acids is 1. The van der Waals surface area contributed by atoms with Crippen LogP contribution in [0.2, 0.25) is 0 Å². The van der Waals surface area contributed by atoms with Gasteiger partial charge in [-0.1, -0.05) is 12.1 Å². The molecule has 0 unspecified atom stereocenters. The summed E-state index contributed by atoms with van der Waals surface area (Å²) >= 11 is 0. The molecule has 6 N–H and O–H groups in total. The number of carboxylic acid groups (broad SMARTS) is 1. The molecule has 0 fully saturated rings. The number of hydrogen-bond acceptors (Lipinski definition) is 8. The molecule has 0 saturated heterocycles. The zero-order valence-electron chi connectivity index (χ0n) is 13.1.